The molecule has 0 aromatic rings. The molecule has 0 saturated heterocycles. The van der Waals surface area contributed by atoms with Crippen LogP contribution in [0.3, 0.4) is 0 Å². The Morgan fingerprint density at radius 1 is 1.62 bits per heavy atom. The maximum Gasteiger partial charge on any atom is 0.305 e. The molecule has 0 bridgehead atoms. The summed E-state index contributed by atoms with van der Waals surface area (Å²) >= 11 is 0. The summed E-state index contributed by atoms with van der Waals surface area (Å²) in [5, 5.41) is 21.1. The molecule has 5 nitrogen and oxygen atoms in total. The molecule has 0 aromatic carbocycles. The van der Waals surface area contributed by atoms with Crippen molar-refractivity contribution < 1.29 is 19.7 Å². The van der Waals surface area contributed by atoms with E-state index in [0.717, 1.165) is 0 Å². The largest absolute Gasteiger partial charge is 0.481 e. The standard InChI is InChI=1S/C11H21NO4/c1-4-5-16-8-9(13)7-12-11(2,3)6-10(14)15/h4,9,12-13H,1,5-8H2,2-3H3,(H,14,15). The highest BCUT2D eigenvalue weighted by Gasteiger charge is 2.21. The van der Waals surface area contributed by atoms with E-state index in [1.54, 1.807) is 19.9 Å². The third-order valence-corrected chi connectivity index (χ3v) is 1.96. The summed E-state index contributed by atoms with van der Waals surface area (Å²) in [6.45, 7) is 7.95. The van der Waals surface area contributed by atoms with E-state index in [1.807, 2.05) is 0 Å². The molecule has 3 N–H and O–H groups in total. The van der Waals surface area contributed by atoms with E-state index < -0.39 is 17.6 Å². The van der Waals surface area contributed by atoms with Crippen LogP contribution in [0.1, 0.15) is 20.3 Å². The van der Waals surface area contributed by atoms with Gasteiger partial charge in [-0.05, 0) is 13.8 Å². The molecular weight excluding hydrogens is 210 g/mol. The number of carboxylic acids is 1. The van der Waals surface area contributed by atoms with Crippen molar-refractivity contribution >= 4 is 5.97 Å². The summed E-state index contributed by atoms with van der Waals surface area (Å²) in [6, 6.07) is 0. The van der Waals surface area contributed by atoms with Crippen LogP contribution in [0, 0.1) is 0 Å². The Labute approximate surface area is 96.1 Å². The smallest absolute Gasteiger partial charge is 0.305 e. The summed E-state index contributed by atoms with van der Waals surface area (Å²) in [4.78, 5) is 10.5. The lowest BCUT2D eigenvalue weighted by Crippen LogP contribution is -2.45. The first kappa shape index (κ1) is 15.1. The lowest BCUT2D eigenvalue weighted by atomic mass is 10.0. The second-order valence-electron chi connectivity index (χ2n) is 4.32. The van der Waals surface area contributed by atoms with Crippen molar-refractivity contribution in [3.63, 3.8) is 0 Å². The molecule has 16 heavy (non-hydrogen) atoms. The van der Waals surface area contributed by atoms with Crippen molar-refractivity contribution in [3.05, 3.63) is 12.7 Å². The van der Waals surface area contributed by atoms with Gasteiger partial charge in [0.1, 0.15) is 0 Å². The number of ether oxygens (including phenoxy) is 1. The van der Waals surface area contributed by atoms with Crippen molar-refractivity contribution in [2.24, 2.45) is 0 Å². The minimum absolute atomic E-state index is 0.00718. The van der Waals surface area contributed by atoms with Gasteiger partial charge in [0.25, 0.3) is 0 Å². The first-order chi connectivity index (χ1) is 7.37. The number of carboxylic acid groups (broad SMARTS) is 1. The number of aliphatic hydroxyl groups excluding tert-OH is 1. The minimum atomic E-state index is -0.866. The Balaban J connectivity index is 3.76. The molecular formula is C11H21NO4. The molecule has 0 fully saturated rings. The summed E-state index contributed by atoms with van der Waals surface area (Å²) in [6.07, 6.45) is 0.967. The van der Waals surface area contributed by atoms with Crippen LogP contribution in [0.25, 0.3) is 0 Å². The van der Waals surface area contributed by atoms with Crippen LogP contribution in [0.2, 0.25) is 0 Å². The van der Waals surface area contributed by atoms with Gasteiger partial charge in [0.05, 0.1) is 25.7 Å². The van der Waals surface area contributed by atoms with Gasteiger partial charge < -0.3 is 20.3 Å². The van der Waals surface area contributed by atoms with Crippen LogP contribution in [-0.2, 0) is 9.53 Å². The SMILES string of the molecule is C=CCOCC(O)CNC(C)(C)CC(=O)O. The van der Waals surface area contributed by atoms with E-state index in [-0.39, 0.29) is 13.0 Å². The first-order valence-corrected chi connectivity index (χ1v) is 5.21. The second kappa shape index (κ2) is 7.38. The molecule has 1 atom stereocenters. The van der Waals surface area contributed by atoms with Crippen LogP contribution in [0.4, 0.5) is 0 Å². The van der Waals surface area contributed by atoms with E-state index in [4.69, 9.17) is 9.84 Å². The van der Waals surface area contributed by atoms with Gasteiger partial charge >= 0.3 is 5.97 Å². The predicted molar refractivity (Wildman–Crippen MR) is 61.4 cm³/mol. The average Bonchev–Trinajstić information content (AvgIpc) is 2.13. The topological polar surface area (TPSA) is 78.8 Å². The van der Waals surface area contributed by atoms with Gasteiger partial charge in [-0.25, -0.2) is 0 Å². The van der Waals surface area contributed by atoms with E-state index in [0.29, 0.717) is 13.2 Å². The molecule has 0 aliphatic carbocycles. The van der Waals surface area contributed by atoms with Crippen molar-refractivity contribution in [1.29, 1.82) is 0 Å². The third-order valence-electron chi connectivity index (χ3n) is 1.96. The Morgan fingerprint density at radius 2 is 2.25 bits per heavy atom. The Hall–Kier alpha value is -0.910. The molecule has 0 aromatic heterocycles. The van der Waals surface area contributed by atoms with E-state index in [9.17, 15) is 9.90 Å². The fourth-order valence-corrected chi connectivity index (χ4v) is 1.18. The molecule has 0 spiro atoms. The van der Waals surface area contributed by atoms with Gasteiger partial charge in [-0.1, -0.05) is 6.08 Å². The number of aliphatic hydroxyl groups is 1. The van der Waals surface area contributed by atoms with Crippen LogP contribution in [0.15, 0.2) is 12.7 Å². The molecule has 0 heterocycles. The monoisotopic (exact) mass is 231 g/mol. The van der Waals surface area contributed by atoms with Gasteiger partial charge in [0.15, 0.2) is 0 Å². The number of aliphatic carboxylic acids is 1. The van der Waals surface area contributed by atoms with Crippen LogP contribution < -0.4 is 5.32 Å². The van der Waals surface area contributed by atoms with Crippen LogP contribution in [0.5, 0.6) is 0 Å². The molecule has 1 unspecified atom stereocenters. The van der Waals surface area contributed by atoms with Gasteiger partial charge in [-0.2, -0.15) is 0 Å². The molecule has 5 heteroatoms. The minimum Gasteiger partial charge on any atom is -0.481 e. The van der Waals surface area contributed by atoms with Crippen molar-refractivity contribution in [3.8, 4) is 0 Å². The Bertz CT molecular complexity index is 228. The number of nitrogens with one attached hydrogen (secondary N) is 1. The average molecular weight is 231 g/mol. The van der Waals surface area contributed by atoms with Gasteiger partial charge in [0, 0.05) is 12.1 Å². The molecule has 0 rings (SSSR count). The zero-order valence-corrected chi connectivity index (χ0v) is 9.90. The first-order valence-electron chi connectivity index (χ1n) is 5.21. The Morgan fingerprint density at radius 3 is 2.75 bits per heavy atom. The zero-order valence-electron chi connectivity index (χ0n) is 9.90. The summed E-state index contributed by atoms with van der Waals surface area (Å²) in [5.41, 5.74) is -0.536. The van der Waals surface area contributed by atoms with Crippen molar-refractivity contribution in [2.75, 3.05) is 19.8 Å². The molecule has 0 amide bonds. The second-order valence-corrected chi connectivity index (χ2v) is 4.32. The van der Waals surface area contributed by atoms with Crippen LogP contribution >= 0.6 is 0 Å². The molecule has 0 aliphatic heterocycles. The number of β-amino-alcohol motifs (C(OH)–C–C–N with tert-alkyl or cyclic N) is 1. The molecule has 0 saturated carbocycles. The molecule has 94 valence electrons. The maximum absolute atomic E-state index is 10.5. The summed E-state index contributed by atoms with van der Waals surface area (Å²) < 4.78 is 5.07. The number of carbonyl (C=O) groups is 1. The normalized spacial score (nSPS) is 13.4. The van der Waals surface area contributed by atoms with Crippen LogP contribution in [-0.4, -0.2) is 47.6 Å². The lowest BCUT2D eigenvalue weighted by Gasteiger charge is -2.25. The van der Waals surface area contributed by atoms with E-state index in [2.05, 4.69) is 11.9 Å². The van der Waals surface area contributed by atoms with Gasteiger partial charge in [0.2, 0.25) is 0 Å². The maximum atomic E-state index is 10.5. The third kappa shape index (κ3) is 8.40. The number of hydrogen-bond donors (Lipinski definition) is 3. The zero-order chi connectivity index (χ0) is 12.6. The number of rotatable bonds is 9. The highest BCUT2D eigenvalue weighted by molar-refractivity contribution is 5.68. The fourth-order valence-electron chi connectivity index (χ4n) is 1.18. The van der Waals surface area contributed by atoms with Crippen molar-refractivity contribution in [1.82, 2.24) is 5.32 Å². The lowest BCUT2D eigenvalue weighted by molar-refractivity contribution is -0.138. The van der Waals surface area contributed by atoms with E-state index in [1.165, 1.54) is 0 Å². The highest BCUT2D eigenvalue weighted by Crippen LogP contribution is 2.07. The Kier molecular flexibility index (Phi) is 6.96. The summed E-state index contributed by atoms with van der Waals surface area (Å²) in [7, 11) is 0. The number of hydrogen-bond acceptors (Lipinski definition) is 4. The quantitative estimate of drug-likeness (QED) is 0.395. The fraction of sp³-hybridized carbons (Fsp3) is 0.727. The molecule has 0 aliphatic rings. The van der Waals surface area contributed by atoms with E-state index >= 15 is 0 Å². The summed E-state index contributed by atoms with van der Waals surface area (Å²) in [5.74, 6) is -0.866. The predicted octanol–water partition coefficient (Wildman–Crippen LogP) is 0.393. The van der Waals surface area contributed by atoms with Gasteiger partial charge in [-0.3, -0.25) is 4.79 Å². The van der Waals surface area contributed by atoms with Crippen molar-refractivity contribution in [2.45, 2.75) is 31.9 Å². The molecule has 0 radical (unpaired) electrons. The highest BCUT2D eigenvalue weighted by atomic mass is 16.5. The van der Waals surface area contributed by atoms with Gasteiger partial charge in [-0.15, -0.1) is 6.58 Å².